The molecule has 3 atom stereocenters. The maximum absolute atomic E-state index is 16.0. The van der Waals surface area contributed by atoms with Crippen molar-refractivity contribution in [1.82, 2.24) is 0 Å². The molecule has 4 aromatic rings. The third kappa shape index (κ3) is 6.56. The number of hydrogen-bond donors (Lipinski definition) is 3. The van der Waals surface area contributed by atoms with Gasteiger partial charge >= 0.3 is 5.92 Å². The minimum Gasteiger partial charge on any atom is -0.382 e. The molecule has 47 heavy (non-hydrogen) atoms. The number of halogens is 2. The third-order valence-corrected chi connectivity index (χ3v) is 18.8. The highest BCUT2D eigenvalue weighted by atomic mass is 28.4. The van der Waals surface area contributed by atoms with Gasteiger partial charge in [0, 0.05) is 0 Å². The summed E-state index contributed by atoms with van der Waals surface area (Å²) >= 11 is 0. The average Bonchev–Trinajstić information content (AvgIpc) is 3.05. The molecule has 1 unspecified atom stereocenters. The second-order valence-electron chi connectivity index (χ2n) is 13.8. The topological polar surface area (TPSA) is 96.2 Å². The Hall–Kier alpha value is -3.36. The van der Waals surface area contributed by atoms with Crippen molar-refractivity contribution in [3.63, 3.8) is 0 Å². The number of alkyl halides is 2. The van der Waals surface area contributed by atoms with Gasteiger partial charge in [-0.15, -0.1) is 0 Å². The summed E-state index contributed by atoms with van der Waals surface area (Å²) in [7, 11) is -7.69. The van der Waals surface area contributed by atoms with Crippen molar-refractivity contribution >= 4 is 43.7 Å². The van der Waals surface area contributed by atoms with Gasteiger partial charge in [0.2, 0.25) is 0 Å². The van der Waals surface area contributed by atoms with Crippen molar-refractivity contribution in [2.45, 2.75) is 75.7 Å². The van der Waals surface area contributed by atoms with Crippen molar-refractivity contribution in [2.75, 3.05) is 0 Å². The van der Waals surface area contributed by atoms with Crippen LogP contribution in [0.15, 0.2) is 121 Å². The highest BCUT2D eigenvalue weighted by Crippen LogP contribution is 2.45. The van der Waals surface area contributed by atoms with E-state index >= 15 is 8.78 Å². The summed E-state index contributed by atoms with van der Waals surface area (Å²) in [6.45, 7) is 11.1. The molecule has 0 saturated carbocycles. The zero-order valence-corrected chi connectivity index (χ0v) is 29.6. The lowest BCUT2D eigenvalue weighted by Gasteiger charge is -2.51. The molecule has 0 radical (unpaired) electrons. The molecular formula is C37H44F2O6Si2. The third-order valence-electron chi connectivity index (χ3n) is 8.74. The van der Waals surface area contributed by atoms with E-state index in [0.29, 0.717) is 20.7 Å². The zero-order valence-electron chi connectivity index (χ0n) is 27.6. The number of aliphatic hydroxyl groups is 3. The van der Waals surface area contributed by atoms with E-state index in [-0.39, 0.29) is 0 Å². The van der Waals surface area contributed by atoms with Gasteiger partial charge in [0.15, 0.2) is 18.7 Å². The van der Waals surface area contributed by atoms with E-state index in [4.69, 9.17) is 8.85 Å². The molecule has 0 aliphatic carbocycles. The maximum Gasteiger partial charge on any atom is 0.356 e. The lowest BCUT2D eigenvalue weighted by Crippen LogP contribution is -2.76. The van der Waals surface area contributed by atoms with Gasteiger partial charge in [-0.1, -0.05) is 163 Å². The number of rotatable bonds is 12. The second kappa shape index (κ2) is 13.6. The van der Waals surface area contributed by atoms with E-state index in [1.165, 1.54) is 0 Å². The Kier molecular flexibility index (Phi) is 10.6. The molecule has 250 valence electrons. The molecule has 4 aromatic carbocycles. The molecule has 6 nitrogen and oxygen atoms in total. The van der Waals surface area contributed by atoms with Crippen molar-refractivity contribution in [2.24, 2.45) is 0 Å². The van der Waals surface area contributed by atoms with Crippen LogP contribution in [0.4, 0.5) is 8.78 Å². The quantitative estimate of drug-likeness (QED) is 0.117. The van der Waals surface area contributed by atoms with Crippen molar-refractivity contribution in [1.29, 1.82) is 0 Å². The monoisotopic (exact) mass is 678 g/mol. The van der Waals surface area contributed by atoms with Crippen molar-refractivity contribution < 1.29 is 37.7 Å². The van der Waals surface area contributed by atoms with E-state index in [9.17, 15) is 20.1 Å². The fourth-order valence-electron chi connectivity index (χ4n) is 6.42. The fraction of sp³-hybridized carbons (Fsp3) is 0.324. The lowest BCUT2D eigenvalue weighted by molar-refractivity contribution is -0.332. The molecule has 4 rings (SSSR count). The van der Waals surface area contributed by atoms with E-state index in [1.54, 1.807) is 106 Å². The number of aliphatic hydroxyl groups excluding tert-OH is 2. The summed E-state index contributed by atoms with van der Waals surface area (Å²) in [5.74, 6) is -8.61. The Morgan fingerprint density at radius 3 is 1.17 bits per heavy atom. The number of carbonyl (C=O) groups excluding carboxylic acids is 1. The number of benzene rings is 4. The molecule has 3 N–H and O–H groups in total. The minimum atomic E-state index is -4.69. The number of carbonyl (C=O) groups is 1. The second-order valence-corrected chi connectivity index (χ2v) is 22.3. The maximum atomic E-state index is 16.0. The van der Waals surface area contributed by atoms with Crippen LogP contribution in [0.25, 0.3) is 0 Å². The van der Waals surface area contributed by atoms with Crippen molar-refractivity contribution in [3.8, 4) is 0 Å². The summed E-state index contributed by atoms with van der Waals surface area (Å²) < 4.78 is 44.9. The molecule has 0 saturated heterocycles. The standard InChI is InChI=1S/C37H44F2O6Si2/c1-34(2,3)46(28-19-11-7-12-20-28,29-21-13-8-14-22-29)44-33(42)32(41)37(43,36(38,39)27-40)45-47(35(4,5)6,30-23-15-9-16-24-30)31-25-17-10-18-26-31/h7-27,32-33,41-43H,1-6H3/t32-,33?,37-/m1/s1. The fourth-order valence-corrected chi connectivity index (χ4v) is 15.6. The summed E-state index contributed by atoms with van der Waals surface area (Å²) in [5.41, 5.74) is 0. The van der Waals surface area contributed by atoms with E-state index < -0.39 is 57.1 Å². The molecule has 0 fully saturated rings. The van der Waals surface area contributed by atoms with Crippen LogP contribution in [-0.2, 0) is 13.6 Å². The molecule has 0 bridgehead atoms. The first-order chi connectivity index (χ1) is 22.0. The summed E-state index contributed by atoms with van der Waals surface area (Å²) in [6, 6.07) is 35.5. The molecule has 0 aliphatic heterocycles. The van der Waals surface area contributed by atoms with Gasteiger partial charge in [-0.3, -0.25) is 4.79 Å². The van der Waals surface area contributed by atoms with Gasteiger partial charge in [-0.2, -0.15) is 8.78 Å². The largest absolute Gasteiger partial charge is 0.382 e. The summed E-state index contributed by atoms with van der Waals surface area (Å²) in [5, 5.41) is 36.4. The van der Waals surface area contributed by atoms with Crippen LogP contribution in [0, 0.1) is 0 Å². The molecule has 0 aliphatic rings. The van der Waals surface area contributed by atoms with Crippen LogP contribution < -0.4 is 20.7 Å². The Morgan fingerprint density at radius 1 is 0.596 bits per heavy atom. The minimum absolute atomic E-state index is 0.508. The Bertz CT molecular complexity index is 1520. The Balaban J connectivity index is 1.96. The molecule has 10 heteroatoms. The normalized spacial score (nSPS) is 15.8. The first-order valence-corrected chi connectivity index (χ1v) is 19.3. The van der Waals surface area contributed by atoms with Gasteiger partial charge in [-0.25, -0.2) is 0 Å². The van der Waals surface area contributed by atoms with Crippen LogP contribution in [0.3, 0.4) is 0 Å². The van der Waals surface area contributed by atoms with Crippen LogP contribution in [0.1, 0.15) is 41.5 Å². The van der Waals surface area contributed by atoms with Crippen LogP contribution >= 0.6 is 0 Å². The molecule has 0 amide bonds. The van der Waals surface area contributed by atoms with E-state index in [0.717, 1.165) is 0 Å². The number of hydrogen-bond acceptors (Lipinski definition) is 6. The highest BCUT2D eigenvalue weighted by molar-refractivity contribution is 7.00. The predicted molar refractivity (Wildman–Crippen MR) is 185 cm³/mol. The van der Waals surface area contributed by atoms with Gasteiger partial charge in [0.25, 0.3) is 22.4 Å². The van der Waals surface area contributed by atoms with Gasteiger partial charge < -0.3 is 24.2 Å². The van der Waals surface area contributed by atoms with E-state index in [2.05, 4.69) is 0 Å². The summed E-state index contributed by atoms with van der Waals surface area (Å²) in [4.78, 5) is 12.1. The molecule has 0 aromatic heterocycles. The van der Waals surface area contributed by atoms with Crippen molar-refractivity contribution in [3.05, 3.63) is 121 Å². The molecule has 0 spiro atoms. The van der Waals surface area contributed by atoms with Gasteiger partial charge in [0.1, 0.15) is 0 Å². The Labute approximate surface area is 277 Å². The first-order valence-electron chi connectivity index (χ1n) is 15.5. The smallest absolute Gasteiger partial charge is 0.356 e. The van der Waals surface area contributed by atoms with Crippen LogP contribution in [0.2, 0.25) is 10.1 Å². The zero-order chi connectivity index (χ0) is 34.7. The predicted octanol–water partition coefficient (Wildman–Crippen LogP) is 4.34. The SMILES string of the molecule is CC(C)(C)[Si](OC(O)[C@@H](O)[C@@](O)(O[Si](c1ccccc1)(c1ccccc1)C(C)(C)C)C(F)(F)C=O)(c1ccccc1)c1ccccc1. The molecular weight excluding hydrogens is 635 g/mol. The summed E-state index contributed by atoms with van der Waals surface area (Å²) in [6.07, 6.45) is -5.98. The first kappa shape index (κ1) is 36.5. The van der Waals surface area contributed by atoms with Gasteiger partial charge in [0.05, 0.1) is 0 Å². The Morgan fingerprint density at radius 2 is 0.894 bits per heavy atom. The average molecular weight is 679 g/mol. The van der Waals surface area contributed by atoms with Crippen LogP contribution in [0.5, 0.6) is 0 Å². The van der Waals surface area contributed by atoms with Gasteiger partial charge in [-0.05, 0) is 30.8 Å². The molecule has 0 heterocycles. The van der Waals surface area contributed by atoms with E-state index in [1.807, 2.05) is 57.2 Å². The van der Waals surface area contributed by atoms with Crippen LogP contribution in [-0.4, -0.2) is 62.3 Å². The lowest BCUT2D eigenvalue weighted by atomic mass is 10.0. The number of aldehydes is 1. The highest BCUT2D eigenvalue weighted by Gasteiger charge is 2.68.